The van der Waals surface area contributed by atoms with Gasteiger partial charge in [0.2, 0.25) is 0 Å². The Balaban J connectivity index is 1.54. The number of hydrogen-bond donors (Lipinski definition) is 2. The predicted molar refractivity (Wildman–Crippen MR) is 101 cm³/mol. The molecule has 4 rings (SSSR count). The fourth-order valence-corrected chi connectivity index (χ4v) is 3.29. The molecule has 0 spiro atoms. The van der Waals surface area contributed by atoms with Crippen LogP contribution in [-0.2, 0) is 4.79 Å². The first kappa shape index (κ1) is 16.3. The molecule has 1 aromatic heterocycles. The minimum Gasteiger partial charge on any atom is -0.482 e. The molecule has 0 bridgehead atoms. The lowest BCUT2D eigenvalue weighted by atomic mass is 10.1. The lowest BCUT2D eigenvalue weighted by Crippen LogP contribution is -2.25. The lowest BCUT2D eigenvalue weighted by molar-refractivity contribution is -0.118. The standard InChI is InChI=1S/C19H15N3O3S/c1-11-20-16(10-26-11)12-3-2-4-14(7-12)21-19(24)13-5-6-15-17(8-13)25-9-18(23)22-15/h2-8,10H,9H2,1H3,(H,21,24)(H,22,23). The zero-order chi connectivity index (χ0) is 18.1. The van der Waals surface area contributed by atoms with Gasteiger partial charge in [0.1, 0.15) is 5.75 Å². The third-order valence-corrected chi connectivity index (χ3v) is 4.69. The molecule has 2 amide bonds. The van der Waals surface area contributed by atoms with Crippen LogP contribution in [0.15, 0.2) is 47.8 Å². The summed E-state index contributed by atoms with van der Waals surface area (Å²) in [7, 11) is 0. The van der Waals surface area contributed by atoms with Crippen LogP contribution in [0.2, 0.25) is 0 Å². The van der Waals surface area contributed by atoms with E-state index in [1.807, 2.05) is 36.6 Å². The summed E-state index contributed by atoms with van der Waals surface area (Å²) in [5.74, 6) is 0.0349. The maximum atomic E-state index is 12.5. The molecule has 0 radical (unpaired) electrons. The summed E-state index contributed by atoms with van der Waals surface area (Å²) in [6.07, 6.45) is 0. The second kappa shape index (κ2) is 6.61. The first-order valence-electron chi connectivity index (χ1n) is 7.99. The van der Waals surface area contributed by atoms with Gasteiger partial charge in [-0.15, -0.1) is 11.3 Å². The molecule has 130 valence electrons. The van der Waals surface area contributed by atoms with Gasteiger partial charge in [0, 0.05) is 22.2 Å². The Morgan fingerprint density at radius 2 is 2.15 bits per heavy atom. The number of thiazole rings is 1. The minimum absolute atomic E-state index is 0.0484. The molecule has 0 atom stereocenters. The van der Waals surface area contributed by atoms with E-state index in [1.54, 1.807) is 29.5 Å². The van der Waals surface area contributed by atoms with Crippen molar-refractivity contribution in [2.45, 2.75) is 6.92 Å². The van der Waals surface area contributed by atoms with Crippen LogP contribution in [-0.4, -0.2) is 23.4 Å². The molecule has 0 saturated heterocycles. The zero-order valence-electron chi connectivity index (χ0n) is 13.9. The molecule has 2 N–H and O–H groups in total. The summed E-state index contributed by atoms with van der Waals surface area (Å²) in [5.41, 5.74) is 3.55. The van der Waals surface area contributed by atoms with Crippen molar-refractivity contribution in [3.8, 4) is 17.0 Å². The van der Waals surface area contributed by atoms with Gasteiger partial charge in [-0.25, -0.2) is 4.98 Å². The summed E-state index contributed by atoms with van der Waals surface area (Å²) in [4.78, 5) is 28.3. The van der Waals surface area contributed by atoms with Crippen LogP contribution in [0, 0.1) is 6.92 Å². The summed E-state index contributed by atoms with van der Waals surface area (Å²) in [5, 5.41) is 8.57. The van der Waals surface area contributed by atoms with Gasteiger partial charge in [-0.05, 0) is 37.3 Å². The maximum absolute atomic E-state index is 12.5. The Morgan fingerprint density at radius 1 is 1.27 bits per heavy atom. The number of carbonyl (C=O) groups is 2. The topological polar surface area (TPSA) is 80.3 Å². The number of amides is 2. The van der Waals surface area contributed by atoms with Crippen molar-refractivity contribution in [2.75, 3.05) is 17.2 Å². The molecule has 0 fully saturated rings. The number of aromatic nitrogens is 1. The van der Waals surface area contributed by atoms with Crippen LogP contribution in [0.3, 0.4) is 0 Å². The molecule has 0 aliphatic carbocycles. The molecular formula is C19H15N3O3S. The van der Waals surface area contributed by atoms with Gasteiger partial charge in [0.05, 0.1) is 16.4 Å². The molecule has 1 aliphatic heterocycles. The Morgan fingerprint density at radius 3 is 2.96 bits per heavy atom. The lowest BCUT2D eigenvalue weighted by Gasteiger charge is -2.18. The molecule has 7 heteroatoms. The van der Waals surface area contributed by atoms with Crippen LogP contribution in [0.5, 0.6) is 5.75 Å². The minimum atomic E-state index is -0.250. The van der Waals surface area contributed by atoms with Gasteiger partial charge in [0.25, 0.3) is 11.8 Å². The third-order valence-electron chi connectivity index (χ3n) is 3.91. The quantitative estimate of drug-likeness (QED) is 0.742. The Kier molecular flexibility index (Phi) is 4.14. The molecule has 3 aromatic rings. The van der Waals surface area contributed by atoms with E-state index in [4.69, 9.17) is 4.74 Å². The fourth-order valence-electron chi connectivity index (χ4n) is 2.67. The number of rotatable bonds is 3. The van der Waals surface area contributed by atoms with Gasteiger partial charge in [-0.1, -0.05) is 12.1 Å². The second-order valence-corrected chi connectivity index (χ2v) is 6.90. The highest BCUT2D eigenvalue weighted by molar-refractivity contribution is 7.09. The molecule has 2 heterocycles. The largest absolute Gasteiger partial charge is 0.482 e. The van der Waals surface area contributed by atoms with E-state index in [9.17, 15) is 9.59 Å². The van der Waals surface area contributed by atoms with Crippen LogP contribution in [0.4, 0.5) is 11.4 Å². The highest BCUT2D eigenvalue weighted by Crippen LogP contribution is 2.29. The summed E-state index contributed by atoms with van der Waals surface area (Å²) in [6.45, 7) is 1.91. The number of fused-ring (bicyclic) bond motifs is 1. The van der Waals surface area contributed by atoms with Crippen molar-refractivity contribution in [1.29, 1.82) is 0 Å². The maximum Gasteiger partial charge on any atom is 0.262 e. The van der Waals surface area contributed by atoms with Gasteiger partial charge in [0.15, 0.2) is 6.61 Å². The van der Waals surface area contributed by atoms with Crippen molar-refractivity contribution < 1.29 is 14.3 Å². The second-order valence-electron chi connectivity index (χ2n) is 5.83. The van der Waals surface area contributed by atoms with E-state index in [0.29, 0.717) is 22.7 Å². The summed E-state index contributed by atoms with van der Waals surface area (Å²) in [6, 6.07) is 12.5. The van der Waals surface area contributed by atoms with Crippen LogP contribution in [0.25, 0.3) is 11.3 Å². The van der Waals surface area contributed by atoms with E-state index >= 15 is 0 Å². The van der Waals surface area contributed by atoms with Crippen molar-refractivity contribution in [1.82, 2.24) is 4.98 Å². The van der Waals surface area contributed by atoms with E-state index in [2.05, 4.69) is 15.6 Å². The smallest absolute Gasteiger partial charge is 0.262 e. The number of hydrogen-bond acceptors (Lipinski definition) is 5. The average molecular weight is 365 g/mol. The highest BCUT2D eigenvalue weighted by atomic mass is 32.1. The van der Waals surface area contributed by atoms with Crippen LogP contribution in [0.1, 0.15) is 15.4 Å². The van der Waals surface area contributed by atoms with Crippen molar-refractivity contribution in [3.05, 3.63) is 58.4 Å². The van der Waals surface area contributed by atoms with E-state index in [1.165, 1.54) is 0 Å². The number of carbonyl (C=O) groups excluding carboxylic acids is 2. The molecule has 0 saturated carbocycles. The van der Waals surface area contributed by atoms with Crippen molar-refractivity contribution >= 4 is 34.5 Å². The molecule has 26 heavy (non-hydrogen) atoms. The predicted octanol–water partition coefficient (Wildman–Crippen LogP) is 3.70. The van der Waals surface area contributed by atoms with Gasteiger partial charge < -0.3 is 15.4 Å². The van der Waals surface area contributed by atoms with E-state index in [-0.39, 0.29) is 18.4 Å². The normalized spacial score (nSPS) is 12.7. The number of nitrogens with zero attached hydrogens (tertiary/aromatic N) is 1. The SMILES string of the molecule is Cc1nc(-c2cccc(NC(=O)c3ccc4c(c3)OCC(=O)N4)c2)cs1. The van der Waals surface area contributed by atoms with Crippen molar-refractivity contribution in [2.24, 2.45) is 0 Å². The molecule has 0 unspecified atom stereocenters. The monoisotopic (exact) mass is 365 g/mol. The van der Waals surface area contributed by atoms with Gasteiger partial charge >= 0.3 is 0 Å². The fraction of sp³-hybridized carbons (Fsp3) is 0.105. The number of benzene rings is 2. The molecular weight excluding hydrogens is 350 g/mol. The third kappa shape index (κ3) is 3.29. The van der Waals surface area contributed by atoms with Crippen LogP contribution < -0.4 is 15.4 Å². The molecule has 6 nitrogen and oxygen atoms in total. The number of anilines is 2. The molecule has 2 aromatic carbocycles. The highest BCUT2D eigenvalue weighted by Gasteiger charge is 2.18. The van der Waals surface area contributed by atoms with E-state index < -0.39 is 0 Å². The number of ether oxygens (including phenoxy) is 1. The Bertz CT molecular complexity index is 1010. The zero-order valence-corrected chi connectivity index (χ0v) is 14.7. The van der Waals surface area contributed by atoms with Gasteiger partial charge in [-0.2, -0.15) is 0 Å². The van der Waals surface area contributed by atoms with Gasteiger partial charge in [-0.3, -0.25) is 9.59 Å². The first-order chi connectivity index (χ1) is 12.6. The summed E-state index contributed by atoms with van der Waals surface area (Å²) >= 11 is 1.59. The van der Waals surface area contributed by atoms with Crippen molar-refractivity contribution in [3.63, 3.8) is 0 Å². The number of aryl methyl sites for hydroxylation is 1. The van der Waals surface area contributed by atoms with Crippen LogP contribution >= 0.6 is 11.3 Å². The molecule has 1 aliphatic rings. The first-order valence-corrected chi connectivity index (χ1v) is 8.87. The Labute approximate surface area is 153 Å². The summed E-state index contributed by atoms with van der Waals surface area (Å²) < 4.78 is 5.36. The number of nitrogens with one attached hydrogen (secondary N) is 2. The Hall–Kier alpha value is -3.19. The average Bonchev–Trinajstić information content (AvgIpc) is 3.08. The van der Waals surface area contributed by atoms with E-state index in [0.717, 1.165) is 16.3 Å².